The third-order valence-corrected chi connectivity index (χ3v) is 6.29. The number of carbonyl (C=O) groups is 1. The smallest absolute Gasteiger partial charge is 0.271 e. The molecule has 2 atom stereocenters. The predicted molar refractivity (Wildman–Crippen MR) is 127 cm³/mol. The van der Waals surface area contributed by atoms with Gasteiger partial charge in [-0.1, -0.05) is 91.0 Å². The number of rotatable bonds is 6. The molecule has 4 nitrogen and oxygen atoms in total. The first-order valence-corrected chi connectivity index (χ1v) is 11.3. The molecule has 1 aliphatic rings. The van der Waals surface area contributed by atoms with Gasteiger partial charge in [0.15, 0.2) is 0 Å². The molecule has 1 N–H and O–H groups in total. The number of aromatic nitrogens is 2. The highest BCUT2D eigenvalue weighted by Gasteiger charge is 2.24. The number of nitrogens with zero attached hydrogens (tertiary/aromatic N) is 2. The van der Waals surface area contributed by atoms with Gasteiger partial charge in [-0.3, -0.25) is 4.79 Å². The zero-order chi connectivity index (χ0) is 21.8. The maximum Gasteiger partial charge on any atom is 0.271 e. The van der Waals surface area contributed by atoms with E-state index < -0.39 is 0 Å². The predicted octanol–water partition coefficient (Wildman–Crippen LogP) is 5.33. The molecule has 0 spiro atoms. The van der Waals surface area contributed by atoms with Gasteiger partial charge in [-0.25, -0.2) is 4.98 Å². The Kier molecular flexibility index (Phi) is 5.84. The van der Waals surface area contributed by atoms with Crippen LogP contribution in [0.5, 0.6) is 0 Å². The summed E-state index contributed by atoms with van der Waals surface area (Å²) in [5.41, 5.74) is 4.14. The number of hydrogen-bond donors (Lipinski definition) is 1. The minimum atomic E-state index is -0.118. The third-order valence-electron chi connectivity index (χ3n) is 6.29. The molecular formula is C28H27N3O. The number of nitrogens with one attached hydrogen (secondary N) is 1. The van der Waals surface area contributed by atoms with Crippen molar-refractivity contribution in [1.82, 2.24) is 14.9 Å². The third kappa shape index (κ3) is 4.50. The van der Waals surface area contributed by atoms with Crippen molar-refractivity contribution in [2.45, 2.75) is 37.8 Å². The Hall–Kier alpha value is -3.66. The van der Waals surface area contributed by atoms with E-state index in [1.165, 1.54) is 11.1 Å². The minimum Gasteiger partial charge on any atom is -0.344 e. The van der Waals surface area contributed by atoms with Crippen LogP contribution in [0.4, 0.5) is 0 Å². The molecule has 4 heteroatoms. The topological polar surface area (TPSA) is 46.9 Å². The van der Waals surface area contributed by atoms with Gasteiger partial charge < -0.3 is 9.88 Å². The van der Waals surface area contributed by atoms with E-state index >= 15 is 0 Å². The summed E-state index contributed by atoms with van der Waals surface area (Å²) in [5.74, 6) is 1.35. The average Bonchev–Trinajstić information content (AvgIpc) is 3.29. The highest BCUT2D eigenvalue weighted by molar-refractivity contribution is 5.92. The van der Waals surface area contributed by atoms with Crippen molar-refractivity contribution in [3.05, 3.63) is 125 Å². The molecule has 3 aromatic carbocycles. The van der Waals surface area contributed by atoms with E-state index in [-0.39, 0.29) is 11.9 Å². The van der Waals surface area contributed by atoms with Crippen LogP contribution in [0.15, 0.2) is 97.2 Å². The molecule has 0 saturated carbocycles. The van der Waals surface area contributed by atoms with Gasteiger partial charge in [0, 0.05) is 25.1 Å². The van der Waals surface area contributed by atoms with E-state index in [0.29, 0.717) is 11.6 Å². The van der Waals surface area contributed by atoms with E-state index in [0.717, 1.165) is 37.2 Å². The maximum absolute atomic E-state index is 13.2. The van der Waals surface area contributed by atoms with E-state index in [9.17, 15) is 4.79 Å². The second-order valence-corrected chi connectivity index (χ2v) is 8.47. The highest BCUT2D eigenvalue weighted by Crippen LogP contribution is 2.29. The number of benzene rings is 3. The van der Waals surface area contributed by atoms with Crippen molar-refractivity contribution >= 4 is 5.91 Å². The minimum absolute atomic E-state index is 0.109. The summed E-state index contributed by atoms with van der Waals surface area (Å²) in [6.45, 7) is 0.867. The summed E-state index contributed by atoms with van der Waals surface area (Å²) >= 11 is 0. The molecule has 0 radical (unpaired) electrons. The van der Waals surface area contributed by atoms with Crippen LogP contribution in [0, 0.1) is 0 Å². The summed E-state index contributed by atoms with van der Waals surface area (Å²) in [5, 5.41) is 3.24. The number of hydrogen-bond acceptors (Lipinski definition) is 2. The van der Waals surface area contributed by atoms with Crippen LogP contribution in [0.2, 0.25) is 0 Å². The largest absolute Gasteiger partial charge is 0.344 e. The second kappa shape index (κ2) is 9.23. The first-order chi connectivity index (χ1) is 15.8. The molecule has 0 bridgehead atoms. The normalized spacial score (nSPS) is 16.2. The lowest BCUT2D eigenvalue weighted by Gasteiger charge is -2.23. The van der Waals surface area contributed by atoms with Crippen molar-refractivity contribution in [2.75, 3.05) is 0 Å². The fourth-order valence-electron chi connectivity index (χ4n) is 4.57. The molecule has 1 aromatic heterocycles. The number of fused-ring (bicyclic) bond motifs is 1. The van der Waals surface area contributed by atoms with E-state index in [1.54, 1.807) is 0 Å². The van der Waals surface area contributed by atoms with Gasteiger partial charge in [0.1, 0.15) is 11.5 Å². The average molecular weight is 422 g/mol. The molecule has 0 saturated heterocycles. The molecule has 2 heterocycles. The van der Waals surface area contributed by atoms with Crippen molar-refractivity contribution < 1.29 is 4.79 Å². The standard InChI is InChI=1S/C28H27N3O/c32-28(30-25(23-14-8-3-9-15-23)18-21-10-4-1-5-11-21)26-20-31-19-24(16-17-27(31)29-26)22-12-6-2-7-13-22/h1-15,20,24-25H,16-19H2,(H,30,32)/t24-,25-/m0/s1. The van der Waals surface area contributed by atoms with Crippen LogP contribution in [0.1, 0.15) is 51.4 Å². The summed E-state index contributed by atoms with van der Waals surface area (Å²) < 4.78 is 2.16. The maximum atomic E-state index is 13.2. The summed E-state index contributed by atoms with van der Waals surface area (Å²) in [6.07, 6.45) is 4.60. The van der Waals surface area contributed by atoms with Crippen LogP contribution >= 0.6 is 0 Å². The molecular weight excluding hydrogens is 394 g/mol. The van der Waals surface area contributed by atoms with Crippen molar-refractivity contribution in [3.8, 4) is 0 Å². The first-order valence-electron chi connectivity index (χ1n) is 11.3. The van der Waals surface area contributed by atoms with Gasteiger partial charge in [-0.05, 0) is 29.5 Å². The SMILES string of the molecule is O=C(N[C@@H](Cc1ccccc1)c1ccccc1)c1cn2c(n1)CC[C@H](c1ccccc1)C2. The van der Waals surface area contributed by atoms with Crippen LogP contribution < -0.4 is 5.32 Å². The first kappa shape index (κ1) is 20.3. The van der Waals surface area contributed by atoms with E-state index in [4.69, 9.17) is 0 Å². The fraction of sp³-hybridized carbons (Fsp3) is 0.214. The molecule has 32 heavy (non-hydrogen) atoms. The van der Waals surface area contributed by atoms with Crippen molar-refractivity contribution in [1.29, 1.82) is 0 Å². The van der Waals surface area contributed by atoms with E-state index in [1.807, 2.05) is 42.6 Å². The Morgan fingerprint density at radius 2 is 1.59 bits per heavy atom. The summed E-state index contributed by atoms with van der Waals surface area (Å²) in [6, 6.07) is 30.9. The lowest BCUT2D eigenvalue weighted by Crippen LogP contribution is -2.30. The lowest BCUT2D eigenvalue weighted by atomic mass is 9.92. The Bertz CT molecular complexity index is 1170. The zero-order valence-corrected chi connectivity index (χ0v) is 18.0. The molecule has 0 fully saturated rings. The lowest BCUT2D eigenvalue weighted by molar-refractivity contribution is 0.0931. The van der Waals surface area contributed by atoms with Crippen LogP contribution in [0.3, 0.4) is 0 Å². The van der Waals surface area contributed by atoms with E-state index in [2.05, 4.69) is 69.5 Å². The van der Waals surface area contributed by atoms with Crippen LogP contribution in [-0.4, -0.2) is 15.5 Å². The van der Waals surface area contributed by atoms with Gasteiger partial charge in [0.05, 0.1) is 6.04 Å². The van der Waals surface area contributed by atoms with Gasteiger partial charge in [0.2, 0.25) is 0 Å². The summed E-state index contributed by atoms with van der Waals surface area (Å²) in [4.78, 5) is 17.9. The van der Waals surface area contributed by atoms with Gasteiger partial charge in [-0.2, -0.15) is 0 Å². The molecule has 4 aromatic rings. The van der Waals surface area contributed by atoms with Crippen molar-refractivity contribution in [3.63, 3.8) is 0 Å². The van der Waals surface area contributed by atoms with Gasteiger partial charge >= 0.3 is 0 Å². The Labute approximate surface area is 189 Å². The van der Waals surface area contributed by atoms with Crippen LogP contribution in [0.25, 0.3) is 0 Å². The number of imidazole rings is 1. The Morgan fingerprint density at radius 1 is 0.938 bits per heavy atom. The molecule has 1 aliphatic heterocycles. The number of aryl methyl sites for hydroxylation is 1. The summed E-state index contributed by atoms with van der Waals surface area (Å²) in [7, 11) is 0. The molecule has 1 amide bonds. The number of carbonyl (C=O) groups excluding carboxylic acids is 1. The van der Waals surface area contributed by atoms with Gasteiger partial charge in [0.25, 0.3) is 5.91 Å². The Morgan fingerprint density at radius 3 is 2.31 bits per heavy atom. The molecule has 0 unspecified atom stereocenters. The fourth-order valence-corrected chi connectivity index (χ4v) is 4.57. The van der Waals surface area contributed by atoms with Crippen molar-refractivity contribution in [2.24, 2.45) is 0 Å². The quantitative estimate of drug-likeness (QED) is 0.458. The Balaban J connectivity index is 1.34. The second-order valence-electron chi connectivity index (χ2n) is 8.47. The molecule has 5 rings (SSSR count). The monoisotopic (exact) mass is 421 g/mol. The number of amides is 1. The molecule has 160 valence electrons. The molecule has 0 aliphatic carbocycles. The van der Waals surface area contributed by atoms with Gasteiger partial charge in [-0.15, -0.1) is 0 Å². The highest BCUT2D eigenvalue weighted by atomic mass is 16.2. The van der Waals surface area contributed by atoms with Crippen LogP contribution in [-0.2, 0) is 19.4 Å². The zero-order valence-electron chi connectivity index (χ0n) is 18.0.